The van der Waals surface area contributed by atoms with Crippen LogP contribution in [0.2, 0.25) is 0 Å². The van der Waals surface area contributed by atoms with E-state index in [0.29, 0.717) is 17.5 Å². The van der Waals surface area contributed by atoms with E-state index in [2.05, 4.69) is 104 Å². The van der Waals surface area contributed by atoms with Gasteiger partial charge >= 0.3 is 0 Å². The maximum absolute atomic E-state index is 6.22. The highest BCUT2D eigenvalue weighted by molar-refractivity contribution is 6.19. The Morgan fingerprint density at radius 3 is 1.95 bits per heavy atom. The summed E-state index contributed by atoms with van der Waals surface area (Å²) in [6.45, 7) is 2.09. The van der Waals surface area contributed by atoms with Gasteiger partial charge in [0.05, 0.1) is 0 Å². The second-order valence-corrected chi connectivity index (χ2v) is 11.3. The van der Waals surface area contributed by atoms with E-state index in [1.165, 1.54) is 26.9 Å². The third kappa shape index (κ3) is 3.81. The van der Waals surface area contributed by atoms with E-state index < -0.39 is 0 Å². The second-order valence-electron chi connectivity index (χ2n) is 11.3. The molecule has 4 heteroatoms. The molecule has 0 spiro atoms. The van der Waals surface area contributed by atoms with Gasteiger partial charge in [-0.25, -0.2) is 15.0 Å². The fraction of sp³-hybridized carbons (Fsp3) is 0.0250. The lowest BCUT2D eigenvalue weighted by atomic mass is 9.95. The van der Waals surface area contributed by atoms with E-state index in [0.717, 1.165) is 49.6 Å². The highest BCUT2D eigenvalue weighted by Crippen LogP contribution is 2.38. The number of hydrogen-bond donors (Lipinski definition) is 0. The van der Waals surface area contributed by atoms with Gasteiger partial charge in [-0.05, 0) is 57.4 Å². The fourth-order valence-corrected chi connectivity index (χ4v) is 6.54. The van der Waals surface area contributed by atoms with Crippen molar-refractivity contribution in [1.82, 2.24) is 15.0 Å². The van der Waals surface area contributed by atoms with Crippen molar-refractivity contribution in [2.45, 2.75) is 6.92 Å². The van der Waals surface area contributed by atoms with Crippen LogP contribution in [0.4, 0.5) is 0 Å². The number of hydrogen-bond acceptors (Lipinski definition) is 4. The van der Waals surface area contributed by atoms with E-state index in [1.54, 1.807) is 0 Å². The fourth-order valence-electron chi connectivity index (χ4n) is 6.54. The van der Waals surface area contributed by atoms with Crippen molar-refractivity contribution in [3.8, 4) is 34.2 Å². The molecule has 0 saturated heterocycles. The van der Waals surface area contributed by atoms with Gasteiger partial charge in [-0.3, -0.25) is 0 Å². The molecule has 0 atom stereocenters. The molecule has 4 nitrogen and oxygen atoms in total. The number of para-hydroxylation sites is 1. The molecule has 9 aromatic rings. The maximum Gasteiger partial charge on any atom is 0.164 e. The topological polar surface area (TPSA) is 51.8 Å². The third-order valence-corrected chi connectivity index (χ3v) is 8.58. The van der Waals surface area contributed by atoms with Gasteiger partial charge in [0.15, 0.2) is 17.5 Å². The molecule has 2 aromatic heterocycles. The van der Waals surface area contributed by atoms with Crippen molar-refractivity contribution < 1.29 is 4.42 Å². The number of benzene rings is 7. The molecular formula is C40H25N3O. The Labute approximate surface area is 253 Å². The van der Waals surface area contributed by atoms with Crippen molar-refractivity contribution in [3.05, 3.63) is 139 Å². The normalized spacial score (nSPS) is 11.8. The van der Waals surface area contributed by atoms with Gasteiger partial charge in [-0.2, -0.15) is 0 Å². The first-order chi connectivity index (χ1) is 21.7. The van der Waals surface area contributed by atoms with E-state index >= 15 is 0 Å². The van der Waals surface area contributed by atoms with Gasteiger partial charge in [-0.1, -0.05) is 121 Å². The first kappa shape index (κ1) is 24.7. The second kappa shape index (κ2) is 9.58. The predicted octanol–water partition coefficient (Wildman–Crippen LogP) is 10.5. The third-order valence-electron chi connectivity index (χ3n) is 8.58. The number of aryl methyl sites for hydroxylation is 1. The number of aromatic nitrogens is 3. The van der Waals surface area contributed by atoms with Crippen LogP contribution in [0.25, 0.3) is 88.4 Å². The van der Waals surface area contributed by atoms with Crippen LogP contribution in [0.1, 0.15) is 5.56 Å². The highest BCUT2D eigenvalue weighted by atomic mass is 16.3. The summed E-state index contributed by atoms with van der Waals surface area (Å²) < 4.78 is 6.22. The molecule has 206 valence electrons. The summed E-state index contributed by atoms with van der Waals surface area (Å²) in [7, 11) is 0. The molecular weight excluding hydrogens is 538 g/mol. The molecule has 0 aliphatic carbocycles. The van der Waals surface area contributed by atoms with Crippen LogP contribution in [-0.2, 0) is 0 Å². The lowest BCUT2D eigenvalue weighted by Gasteiger charge is -2.13. The monoisotopic (exact) mass is 563 g/mol. The maximum atomic E-state index is 6.22. The zero-order valence-electron chi connectivity index (χ0n) is 24.0. The number of furan rings is 1. The molecule has 7 aromatic carbocycles. The Kier molecular flexibility index (Phi) is 5.38. The SMILES string of the molecule is Cc1cccc(-c2nc(-c3cccc4c3ccc3c5ccccc5ccc43)nc(-c3cccc4oc5ccccc5c34)n2)c1. The lowest BCUT2D eigenvalue weighted by Crippen LogP contribution is -2.01. The molecule has 0 bridgehead atoms. The molecule has 0 aliphatic rings. The standard InChI is InChI=1S/C40H25N3O/c1-24-9-6-11-26(23-24)38-41-39(43-40(42-38)34-16-8-18-36-37(34)33-13-4-5-17-35(33)44-36)32-15-7-14-28-30-20-19-25-10-2-3-12-27(25)29(30)21-22-31(28)32/h2-23H,1H3. The molecule has 0 amide bonds. The van der Waals surface area contributed by atoms with Gasteiger partial charge in [0.25, 0.3) is 0 Å². The minimum Gasteiger partial charge on any atom is -0.456 e. The summed E-state index contributed by atoms with van der Waals surface area (Å²) in [6, 6.07) is 46.3. The van der Waals surface area contributed by atoms with Gasteiger partial charge in [-0.15, -0.1) is 0 Å². The first-order valence-electron chi connectivity index (χ1n) is 14.8. The quantitative estimate of drug-likeness (QED) is 0.201. The first-order valence-corrected chi connectivity index (χ1v) is 14.8. The van der Waals surface area contributed by atoms with Crippen molar-refractivity contribution >= 4 is 54.3 Å². The van der Waals surface area contributed by atoms with Crippen molar-refractivity contribution in [3.63, 3.8) is 0 Å². The van der Waals surface area contributed by atoms with Crippen LogP contribution < -0.4 is 0 Å². The van der Waals surface area contributed by atoms with Gasteiger partial charge < -0.3 is 4.42 Å². The average molecular weight is 564 g/mol. The Bertz CT molecular complexity index is 2580. The Balaban J connectivity index is 1.33. The molecule has 2 heterocycles. The van der Waals surface area contributed by atoms with Crippen molar-refractivity contribution in [2.75, 3.05) is 0 Å². The average Bonchev–Trinajstić information content (AvgIpc) is 3.46. The summed E-state index contributed by atoms with van der Waals surface area (Å²) in [4.78, 5) is 15.4. The van der Waals surface area contributed by atoms with E-state index in [-0.39, 0.29) is 0 Å². The smallest absolute Gasteiger partial charge is 0.164 e. The zero-order valence-corrected chi connectivity index (χ0v) is 24.0. The molecule has 0 unspecified atom stereocenters. The van der Waals surface area contributed by atoms with E-state index in [1.807, 2.05) is 36.4 Å². The van der Waals surface area contributed by atoms with E-state index in [4.69, 9.17) is 19.4 Å². The molecule has 0 saturated carbocycles. The lowest BCUT2D eigenvalue weighted by molar-refractivity contribution is 0.669. The minimum absolute atomic E-state index is 0.618. The summed E-state index contributed by atoms with van der Waals surface area (Å²) >= 11 is 0. The number of rotatable bonds is 3. The van der Waals surface area contributed by atoms with Crippen LogP contribution in [0.5, 0.6) is 0 Å². The molecule has 0 N–H and O–H groups in total. The van der Waals surface area contributed by atoms with E-state index in [9.17, 15) is 0 Å². The predicted molar refractivity (Wildman–Crippen MR) is 181 cm³/mol. The van der Waals surface area contributed by atoms with Crippen molar-refractivity contribution in [1.29, 1.82) is 0 Å². The number of nitrogens with zero attached hydrogens (tertiary/aromatic N) is 3. The summed E-state index contributed by atoms with van der Waals surface area (Å²) in [5, 5.41) is 9.27. The van der Waals surface area contributed by atoms with Crippen LogP contribution in [-0.4, -0.2) is 15.0 Å². The largest absolute Gasteiger partial charge is 0.456 e. The van der Waals surface area contributed by atoms with Crippen LogP contribution in [0, 0.1) is 6.92 Å². The van der Waals surface area contributed by atoms with Crippen LogP contribution in [0.3, 0.4) is 0 Å². The Morgan fingerprint density at radius 1 is 0.432 bits per heavy atom. The Morgan fingerprint density at radius 2 is 1.05 bits per heavy atom. The minimum atomic E-state index is 0.618. The molecule has 0 radical (unpaired) electrons. The van der Waals surface area contributed by atoms with Gasteiger partial charge in [0.2, 0.25) is 0 Å². The molecule has 0 aliphatic heterocycles. The summed E-state index contributed by atoms with van der Waals surface area (Å²) in [5.41, 5.74) is 5.65. The van der Waals surface area contributed by atoms with Gasteiger partial charge in [0.1, 0.15) is 11.2 Å². The van der Waals surface area contributed by atoms with Crippen LogP contribution >= 0.6 is 0 Å². The molecule has 44 heavy (non-hydrogen) atoms. The molecule has 9 rings (SSSR count). The Hall–Kier alpha value is -5.87. The number of fused-ring (bicyclic) bond motifs is 8. The highest BCUT2D eigenvalue weighted by Gasteiger charge is 2.19. The summed E-state index contributed by atoms with van der Waals surface area (Å²) in [6.07, 6.45) is 0. The zero-order chi connectivity index (χ0) is 29.2. The van der Waals surface area contributed by atoms with Gasteiger partial charge in [0, 0.05) is 27.5 Å². The summed E-state index contributed by atoms with van der Waals surface area (Å²) in [5.74, 6) is 1.90. The van der Waals surface area contributed by atoms with Crippen LogP contribution in [0.15, 0.2) is 138 Å². The van der Waals surface area contributed by atoms with Crippen molar-refractivity contribution in [2.24, 2.45) is 0 Å². The molecule has 0 fully saturated rings.